The van der Waals surface area contributed by atoms with Gasteiger partial charge in [0.25, 0.3) is 0 Å². The van der Waals surface area contributed by atoms with Gasteiger partial charge in [-0.15, -0.1) is 0 Å². The molecule has 0 radical (unpaired) electrons. The molecule has 2 atom stereocenters. The molecule has 0 spiro atoms. The fraction of sp³-hybridized carbons (Fsp3) is 0.276. The molecule has 0 fully saturated rings. The number of nitrogens with one attached hydrogen (secondary N) is 4. The van der Waals surface area contributed by atoms with E-state index in [-0.39, 0.29) is 16.1 Å². The van der Waals surface area contributed by atoms with Crippen LogP contribution in [0.15, 0.2) is 65.6 Å². The first-order valence-electron chi connectivity index (χ1n) is 12.7. The predicted molar refractivity (Wildman–Crippen MR) is 152 cm³/mol. The molecule has 8 nitrogen and oxygen atoms in total. The number of H-pyrrole nitrogens is 2. The number of thiazole rings is 1. The number of rotatable bonds is 11. The molecule has 2 aromatic heterocycles. The van der Waals surface area contributed by atoms with E-state index < -0.39 is 12.3 Å². The standard InChI is InChI=1S/C29H32N4O4S/c1-17-3-2-4-21-20(16-32-24(17)21)12-13-30-15-19-7-5-18(6-8-19)11-14-31-28(36)26(35)22-9-10-23(34)25-27(22)38-29(37)33-25/h2-10,16,26,28,30-32,34-36H,11-15H2,1H3,(H,33,37). The van der Waals surface area contributed by atoms with Crippen molar-refractivity contribution in [2.75, 3.05) is 13.1 Å². The molecule has 38 heavy (non-hydrogen) atoms. The highest BCUT2D eigenvalue weighted by Crippen LogP contribution is 2.32. The van der Waals surface area contributed by atoms with Crippen LogP contribution in [0.4, 0.5) is 0 Å². The molecule has 5 rings (SSSR count). The number of fused-ring (bicyclic) bond motifs is 2. The van der Waals surface area contributed by atoms with Crippen molar-refractivity contribution in [3.8, 4) is 5.75 Å². The number of aromatic amines is 2. The van der Waals surface area contributed by atoms with Crippen LogP contribution in [0.25, 0.3) is 21.1 Å². The van der Waals surface area contributed by atoms with Crippen LogP contribution >= 0.6 is 11.3 Å². The first-order chi connectivity index (χ1) is 18.4. The minimum Gasteiger partial charge on any atom is -0.506 e. The third-order valence-electron chi connectivity index (χ3n) is 6.91. The second-order valence-electron chi connectivity index (χ2n) is 9.54. The van der Waals surface area contributed by atoms with Crippen molar-refractivity contribution in [3.63, 3.8) is 0 Å². The van der Waals surface area contributed by atoms with Gasteiger partial charge in [-0.1, -0.05) is 59.9 Å². The SMILES string of the molecule is Cc1cccc2c(CCNCc3ccc(CCNC(O)C(O)c4ccc(O)c5[nH]c(=O)sc45)cc3)c[nH]c12. The summed E-state index contributed by atoms with van der Waals surface area (Å²) < 4.78 is 0.434. The number of aliphatic hydroxyl groups excluding tert-OH is 2. The molecular weight excluding hydrogens is 500 g/mol. The highest BCUT2D eigenvalue weighted by molar-refractivity contribution is 7.16. The minimum atomic E-state index is -1.24. The van der Waals surface area contributed by atoms with E-state index in [9.17, 15) is 20.1 Å². The van der Waals surface area contributed by atoms with Crippen LogP contribution in [0.2, 0.25) is 0 Å². The number of aromatic nitrogens is 2. The quantitative estimate of drug-likeness (QED) is 0.103. The number of aromatic hydroxyl groups is 1. The molecule has 0 saturated heterocycles. The fourth-order valence-corrected chi connectivity index (χ4v) is 5.67. The Labute approximate surface area is 224 Å². The third kappa shape index (κ3) is 5.67. The highest BCUT2D eigenvalue weighted by Gasteiger charge is 2.22. The molecule has 0 amide bonds. The zero-order valence-electron chi connectivity index (χ0n) is 21.1. The zero-order valence-corrected chi connectivity index (χ0v) is 21.9. The van der Waals surface area contributed by atoms with E-state index in [1.807, 2.05) is 0 Å². The lowest BCUT2D eigenvalue weighted by Crippen LogP contribution is -2.36. The van der Waals surface area contributed by atoms with Crippen molar-refractivity contribution in [1.29, 1.82) is 0 Å². The molecule has 7 N–H and O–H groups in total. The van der Waals surface area contributed by atoms with Gasteiger partial charge < -0.3 is 30.6 Å². The molecule has 2 unspecified atom stereocenters. The van der Waals surface area contributed by atoms with E-state index >= 15 is 0 Å². The summed E-state index contributed by atoms with van der Waals surface area (Å²) in [6.07, 6.45) is 1.28. The molecule has 0 saturated carbocycles. The molecule has 5 aromatic rings. The molecule has 0 aliphatic heterocycles. The number of benzene rings is 3. The summed E-state index contributed by atoms with van der Waals surface area (Å²) in [4.78, 5) is 17.3. The Kier molecular flexibility index (Phi) is 7.92. The average molecular weight is 533 g/mol. The maximum Gasteiger partial charge on any atom is 0.305 e. The van der Waals surface area contributed by atoms with Crippen LogP contribution < -0.4 is 15.5 Å². The van der Waals surface area contributed by atoms with E-state index in [2.05, 4.69) is 76.2 Å². The van der Waals surface area contributed by atoms with Crippen molar-refractivity contribution in [3.05, 3.63) is 98.3 Å². The number of aryl methyl sites for hydroxylation is 1. The number of phenolic OH excluding ortho intramolecular Hbond substituents is 1. The Hall–Kier alpha value is -3.47. The lowest BCUT2D eigenvalue weighted by atomic mass is 10.1. The van der Waals surface area contributed by atoms with Crippen LogP contribution in [0.3, 0.4) is 0 Å². The van der Waals surface area contributed by atoms with Crippen LogP contribution in [-0.2, 0) is 19.4 Å². The number of aliphatic hydroxyl groups is 2. The minimum absolute atomic E-state index is 0.0697. The number of hydrogen-bond acceptors (Lipinski definition) is 7. The zero-order chi connectivity index (χ0) is 26.6. The summed E-state index contributed by atoms with van der Waals surface area (Å²) in [5, 5.41) is 38.8. The first-order valence-corrected chi connectivity index (χ1v) is 13.5. The lowest BCUT2D eigenvalue weighted by molar-refractivity contribution is -0.00168. The van der Waals surface area contributed by atoms with Gasteiger partial charge in [-0.05, 0) is 54.6 Å². The number of para-hydroxylation sites is 1. The van der Waals surface area contributed by atoms with Gasteiger partial charge in [-0.3, -0.25) is 10.1 Å². The second kappa shape index (κ2) is 11.5. The van der Waals surface area contributed by atoms with E-state index in [1.165, 1.54) is 39.7 Å². The molecule has 3 aromatic carbocycles. The van der Waals surface area contributed by atoms with Gasteiger partial charge in [0, 0.05) is 35.8 Å². The lowest BCUT2D eigenvalue weighted by Gasteiger charge is -2.20. The van der Waals surface area contributed by atoms with Crippen LogP contribution in [-0.4, -0.2) is 44.6 Å². The Balaban J connectivity index is 1.07. The second-order valence-corrected chi connectivity index (χ2v) is 10.5. The molecule has 9 heteroatoms. The Bertz CT molecular complexity index is 1590. The molecule has 2 heterocycles. The number of hydrogen-bond donors (Lipinski definition) is 7. The molecule has 0 aliphatic rings. The summed E-state index contributed by atoms with van der Waals surface area (Å²) in [5.41, 5.74) is 6.78. The van der Waals surface area contributed by atoms with Gasteiger partial charge in [0.05, 0.1) is 4.70 Å². The smallest absolute Gasteiger partial charge is 0.305 e. The number of phenols is 1. The van der Waals surface area contributed by atoms with Crippen molar-refractivity contribution < 1.29 is 15.3 Å². The largest absolute Gasteiger partial charge is 0.506 e. The average Bonchev–Trinajstić information content (AvgIpc) is 3.52. The summed E-state index contributed by atoms with van der Waals surface area (Å²) in [6, 6.07) is 17.7. The maximum absolute atomic E-state index is 11.7. The first kappa shape index (κ1) is 26.1. The molecule has 198 valence electrons. The van der Waals surface area contributed by atoms with E-state index in [1.54, 1.807) is 0 Å². The van der Waals surface area contributed by atoms with Gasteiger partial charge >= 0.3 is 4.87 Å². The van der Waals surface area contributed by atoms with E-state index in [4.69, 9.17) is 0 Å². The van der Waals surface area contributed by atoms with E-state index in [0.717, 1.165) is 36.4 Å². The summed E-state index contributed by atoms with van der Waals surface area (Å²) >= 11 is 0.891. The van der Waals surface area contributed by atoms with Crippen LogP contribution in [0.1, 0.15) is 33.9 Å². The highest BCUT2D eigenvalue weighted by atomic mass is 32.1. The predicted octanol–water partition coefficient (Wildman–Crippen LogP) is 3.60. The topological polar surface area (TPSA) is 133 Å². The molecular formula is C29H32N4O4S. The van der Waals surface area contributed by atoms with Crippen molar-refractivity contribution in [1.82, 2.24) is 20.6 Å². The van der Waals surface area contributed by atoms with Gasteiger partial charge in [0.1, 0.15) is 23.6 Å². The monoisotopic (exact) mass is 532 g/mol. The molecule has 0 bridgehead atoms. The summed E-state index contributed by atoms with van der Waals surface area (Å²) in [6.45, 7) is 4.26. The fourth-order valence-electron chi connectivity index (χ4n) is 4.77. The van der Waals surface area contributed by atoms with Crippen molar-refractivity contribution >= 4 is 32.5 Å². The maximum atomic E-state index is 11.7. The van der Waals surface area contributed by atoms with Gasteiger partial charge in [-0.25, -0.2) is 0 Å². The summed E-state index contributed by atoms with van der Waals surface area (Å²) in [7, 11) is 0. The van der Waals surface area contributed by atoms with Gasteiger partial charge in [0.15, 0.2) is 0 Å². The normalized spacial score (nSPS) is 13.3. The van der Waals surface area contributed by atoms with Gasteiger partial charge in [0.2, 0.25) is 0 Å². The Morgan fingerprint density at radius 2 is 1.74 bits per heavy atom. The van der Waals surface area contributed by atoms with E-state index in [0.29, 0.717) is 23.2 Å². The van der Waals surface area contributed by atoms with Crippen molar-refractivity contribution in [2.45, 2.75) is 38.6 Å². The van der Waals surface area contributed by atoms with Crippen LogP contribution in [0.5, 0.6) is 5.75 Å². The third-order valence-corrected chi connectivity index (χ3v) is 7.84. The van der Waals surface area contributed by atoms with Gasteiger partial charge in [-0.2, -0.15) is 0 Å². The Morgan fingerprint density at radius 1 is 0.947 bits per heavy atom. The summed E-state index contributed by atoms with van der Waals surface area (Å²) in [5.74, 6) is -0.0697. The van der Waals surface area contributed by atoms with Crippen molar-refractivity contribution in [2.24, 2.45) is 0 Å². The Morgan fingerprint density at radius 3 is 2.55 bits per heavy atom. The molecule has 0 aliphatic carbocycles. The van der Waals surface area contributed by atoms with Crippen LogP contribution in [0, 0.1) is 6.92 Å².